The van der Waals surface area contributed by atoms with E-state index in [9.17, 15) is 0 Å². The number of pyridine rings is 1. The molecule has 2 heterocycles. The molecule has 3 heteroatoms. The van der Waals surface area contributed by atoms with Gasteiger partial charge in [-0.1, -0.05) is 26.7 Å². The molecule has 1 N–H and O–H groups in total. The van der Waals surface area contributed by atoms with Crippen LogP contribution >= 0.6 is 0 Å². The molecule has 0 bridgehead atoms. The number of nitrogens with zero attached hydrogens (tertiary/aromatic N) is 2. The first kappa shape index (κ1) is 14.3. The van der Waals surface area contributed by atoms with Crippen molar-refractivity contribution in [2.24, 2.45) is 5.92 Å². The average molecular weight is 261 g/mol. The molecule has 0 spiro atoms. The molecule has 106 valence electrons. The summed E-state index contributed by atoms with van der Waals surface area (Å²) in [6.07, 6.45) is 9.33. The second kappa shape index (κ2) is 7.49. The van der Waals surface area contributed by atoms with Crippen LogP contribution in [0.3, 0.4) is 0 Å². The van der Waals surface area contributed by atoms with Crippen molar-refractivity contribution in [3.63, 3.8) is 0 Å². The standard InChI is InChI=1S/C16H27N3/c1-3-5-14-7-10-19(11-8-14)16-13-18-9-6-15(16)12-17-4-2/h6,9,13-14,17H,3-5,7-8,10-12H2,1-2H3. The Morgan fingerprint density at radius 2 is 2.11 bits per heavy atom. The molecule has 3 nitrogen and oxygen atoms in total. The zero-order valence-electron chi connectivity index (χ0n) is 12.4. The maximum Gasteiger partial charge on any atom is 0.0598 e. The lowest BCUT2D eigenvalue weighted by atomic mass is 9.92. The van der Waals surface area contributed by atoms with Crippen LogP contribution in [0.2, 0.25) is 0 Å². The van der Waals surface area contributed by atoms with Gasteiger partial charge in [-0.05, 0) is 36.9 Å². The van der Waals surface area contributed by atoms with Gasteiger partial charge in [-0.2, -0.15) is 0 Å². The van der Waals surface area contributed by atoms with Gasteiger partial charge in [0.25, 0.3) is 0 Å². The fraction of sp³-hybridized carbons (Fsp3) is 0.688. The zero-order valence-corrected chi connectivity index (χ0v) is 12.4. The quantitative estimate of drug-likeness (QED) is 0.852. The Bertz CT molecular complexity index is 370. The van der Waals surface area contributed by atoms with Gasteiger partial charge in [0.05, 0.1) is 11.9 Å². The van der Waals surface area contributed by atoms with E-state index in [1.807, 2.05) is 12.4 Å². The number of anilines is 1. The fourth-order valence-corrected chi connectivity index (χ4v) is 2.98. The summed E-state index contributed by atoms with van der Waals surface area (Å²) in [5.74, 6) is 0.940. The van der Waals surface area contributed by atoms with Gasteiger partial charge < -0.3 is 10.2 Å². The number of hydrogen-bond acceptors (Lipinski definition) is 3. The van der Waals surface area contributed by atoms with Crippen LogP contribution in [0.25, 0.3) is 0 Å². The Balaban J connectivity index is 1.98. The van der Waals surface area contributed by atoms with Crippen LogP contribution in [0.4, 0.5) is 5.69 Å². The van der Waals surface area contributed by atoms with Gasteiger partial charge >= 0.3 is 0 Å². The Morgan fingerprint density at radius 1 is 1.32 bits per heavy atom. The van der Waals surface area contributed by atoms with E-state index in [1.165, 1.54) is 50.0 Å². The minimum absolute atomic E-state index is 0.940. The number of rotatable bonds is 6. The van der Waals surface area contributed by atoms with Crippen LogP contribution in [0.15, 0.2) is 18.5 Å². The smallest absolute Gasteiger partial charge is 0.0598 e. The molecule has 1 saturated heterocycles. The predicted octanol–water partition coefficient (Wildman–Crippen LogP) is 3.21. The lowest BCUT2D eigenvalue weighted by molar-refractivity contribution is 0.378. The van der Waals surface area contributed by atoms with E-state index < -0.39 is 0 Å². The Morgan fingerprint density at radius 3 is 2.79 bits per heavy atom. The number of aromatic nitrogens is 1. The molecule has 1 aliphatic heterocycles. The Hall–Kier alpha value is -1.09. The molecule has 0 aromatic carbocycles. The van der Waals surface area contributed by atoms with Gasteiger partial charge in [0, 0.05) is 25.8 Å². The molecule has 1 aromatic heterocycles. The molecule has 0 aliphatic carbocycles. The van der Waals surface area contributed by atoms with Crippen LogP contribution in [0.1, 0.15) is 45.1 Å². The molecular formula is C16H27N3. The molecule has 0 amide bonds. The Labute approximate surface area is 117 Å². The van der Waals surface area contributed by atoms with Gasteiger partial charge in [0.2, 0.25) is 0 Å². The maximum absolute atomic E-state index is 4.31. The summed E-state index contributed by atoms with van der Waals surface area (Å²) < 4.78 is 0. The fourth-order valence-electron chi connectivity index (χ4n) is 2.98. The van der Waals surface area contributed by atoms with E-state index in [-0.39, 0.29) is 0 Å². The lowest BCUT2D eigenvalue weighted by Crippen LogP contribution is -2.34. The average Bonchev–Trinajstić information content (AvgIpc) is 2.47. The summed E-state index contributed by atoms with van der Waals surface area (Å²) in [4.78, 5) is 6.83. The third-order valence-corrected chi connectivity index (χ3v) is 4.11. The van der Waals surface area contributed by atoms with E-state index in [0.29, 0.717) is 0 Å². The minimum atomic E-state index is 0.940. The predicted molar refractivity (Wildman–Crippen MR) is 81.5 cm³/mol. The summed E-state index contributed by atoms with van der Waals surface area (Å²) in [5, 5.41) is 3.42. The van der Waals surface area contributed by atoms with E-state index in [4.69, 9.17) is 0 Å². The highest BCUT2D eigenvalue weighted by Crippen LogP contribution is 2.27. The van der Waals surface area contributed by atoms with Crippen molar-refractivity contribution < 1.29 is 0 Å². The first-order valence-corrected chi connectivity index (χ1v) is 7.73. The topological polar surface area (TPSA) is 28.2 Å². The van der Waals surface area contributed by atoms with Crippen molar-refractivity contribution >= 4 is 5.69 Å². The molecule has 1 aliphatic rings. The van der Waals surface area contributed by atoms with Crippen molar-refractivity contribution in [3.8, 4) is 0 Å². The Kier molecular flexibility index (Phi) is 5.64. The molecular weight excluding hydrogens is 234 g/mol. The van der Waals surface area contributed by atoms with Crippen molar-refractivity contribution in [2.75, 3.05) is 24.5 Å². The molecule has 0 atom stereocenters. The van der Waals surface area contributed by atoms with Crippen molar-refractivity contribution in [1.82, 2.24) is 10.3 Å². The summed E-state index contributed by atoms with van der Waals surface area (Å²) in [6.45, 7) is 8.79. The SMILES string of the molecule is CCCC1CCN(c2cnccc2CNCC)CC1. The first-order valence-electron chi connectivity index (χ1n) is 7.73. The van der Waals surface area contributed by atoms with E-state index in [1.54, 1.807) is 0 Å². The number of nitrogens with one attached hydrogen (secondary N) is 1. The highest BCUT2D eigenvalue weighted by atomic mass is 15.1. The highest BCUT2D eigenvalue weighted by molar-refractivity contribution is 5.51. The molecule has 0 unspecified atom stereocenters. The van der Waals surface area contributed by atoms with Crippen molar-refractivity contribution in [3.05, 3.63) is 24.0 Å². The second-order valence-electron chi connectivity index (χ2n) is 5.50. The van der Waals surface area contributed by atoms with Crippen LogP contribution in [0.5, 0.6) is 0 Å². The highest BCUT2D eigenvalue weighted by Gasteiger charge is 2.20. The van der Waals surface area contributed by atoms with Crippen molar-refractivity contribution in [1.29, 1.82) is 0 Å². The normalized spacial score (nSPS) is 16.8. The molecule has 1 fully saturated rings. The minimum Gasteiger partial charge on any atom is -0.370 e. The summed E-state index contributed by atoms with van der Waals surface area (Å²) >= 11 is 0. The van der Waals surface area contributed by atoms with Gasteiger partial charge in [-0.3, -0.25) is 4.98 Å². The molecule has 0 radical (unpaired) electrons. The van der Waals surface area contributed by atoms with Crippen molar-refractivity contribution in [2.45, 2.75) is 46.1 Å². The van der Waals surface area contributed by atoms with Crippen LogP contribution in [-0.2, 0) is 6.54 Å². The molecule has 0 saturated carbocycles. The number of hydrogen-bond donors (Lipinski definition) is 1. The van der Waals surface area contributed by atoms with Crippen LogP contribution in [0, 0.1) is 5.92 Å². The monoisotopic (exact) mass is 261 g/mol. The first-order chi connectivity index (χ1) is 9.35. The van der Waals surface area contributed by atoms with Gasteiger partial charge in [-0.15, -0.1) is 0 Å². The third kappa shape index (κ3) is 3.93. The molecule has 19 heavy (non-hydrogen) atoms. The van der Waals surface area contributed by atoms with Gasteiger partial charge in [0.1, 0.15) is 0 Å². The number of piperidine rings is 1. The molecule has 1 aromatic rings. The van der Waals surface area contributed by atoms with Gasteiger partial charge in [-0.25, -0.2) is 0 Å². The summed E-state index contributed by atoms with van der Waals surface area (Å²) in [6, 6.07) is 2.15. The maximum atomic E-state index is 4.31. The van der Waals surface area contributed by atoms with Gasteiger partial charge in [0.15, 0.2) is 0 Å². The summed E-state index contributed by atoms with van der Waals surface area (Å²) in [5.41, 5.74) is 2.71. The molecule has 2 rings (SSSR count). The van der Waals surface area contributed by atoms with Crippen LogP contribution in [-0.4, -0.2) is 24.6 Å². The summed E-state index contributed by atoms with van der Waals surface area (Å²) in [7, 11) is 0. The zero-order chi connectivity index (χ0) is 13.5. The van der Waals surface area contributed by atoms with E-state index >= 15 is 0 Å². The second-order valence-corrected chi connectivity index (χ2v) is 5.50. The van der Waals surface area contributed by atoms with Crippen LogP contribution < -0.4 is 10.2 Å². The largest absolute Gasteiger partial charge is 0.370 e. The third-order valence-electron chi connectivity index (χ3n) is 4.11. The van der Waals surface area contributed by atoms with E-state index in [2.05, 4.69) is 35.1 Å². The lowest BCUT2D eigenvalue weighted by Gasteiger charge is -2.34. The van der Waals surface area contributed by atoms with E-state index in [0.717, 1.165) is 19.0 Å².